The summed E-state index contributed by atoms with van der Waals surface area (Å²) in [6, 6.07) is 17.0. The molecule has 6 heteroatoms. The number of carbonyl (C=O) groups is 1. The highest BCUT2D eigenvalue weighted by Crippen LogP contribution is 2.28. The lowest BCUT2D eigenvalue weighted by Crippen LogP contribution is -2.32. The highest BCUT2D eigenvalue weighted by atomic mass is 35.5. The Bertz CT molecular complexity index is 661. The van der Waals surface area contributed by atoms with Crippen molar-refractivity contribution in [2.45, 2.75) is 20.8 Å². The number of anilines is 2. The van der Waals surface area contributed by atoms with Crippen LogP contribution in [0.15, 0.2) is 54.6 Å². The van der Waals surface area contributed by atoms with Crippen LogP contribution < -0.4 is 9.64 Å². The van der Waals surface area contributed by atoms with E-state index in [0.29, 0.717) is 13.2 Å². The molecule has 0 unspecified atom stereocenters. The molecule has 2 rings (SSSR count). The van der Waals surface area contributed by atoms with Gasteiger partial charge in [-0.25, -0.2) is 9.69 Å². The molecular weight excluding hydrogens is 364 g/mol. The number of hydrogen-bond donors (Lipinski definition) is 0. The number of rotatable bonds is 9. The van der Waals surface area contributed by atoms with E-state index in [2.05, 4.69) is 18.7 Å². The molecule has 0 saturated heterocycles. The zero-order valence-corrected chi connectivity index (χ0v) is 17.1. The summed E-state index contributed by atoms with van der Waals surface area (Å²) in [4.78, 5) is 16.6. The number of ether oxygens (including phenoxy) is 2. The molecule has 148 valence electrons. The summed E-state index contributed by atoms with van der Waals surface area (Å²) in [7, 11) is 0. The Morgan fingerprint density at radius 1 is 0.889 bits per heavy atom. The second-order valence-electron chi connectivity index (χ2n) is 5.74. The van der Waals surface area contributed by atoms with Crippen molar-refractivity contribution in [2.75, 3.05) is 37.7 Å². The molecule has 2 aromatic carbocycles. The lowest BCUT2D eigenvalue weighted by molar-refractivity contribution is 0.138. The standard InChI is InChI=1S/C21H28N2O3.ClH/c1-4-22(5-2)16-17-26-21(24)23(18-10-8-7-9-11-18)19-12-14-20(15-13-19)25-6-3;/h7-15H,4-6,16-17H2,1-3H3;1H. The first kappa shape index (κ1) is 22.8. The van der Waals surface area contributed by atoms with E-state index in [9.17, 15) is 4.79 Å². The van der Waals surface area contributed by atoms with Crippen molar-refractivity contribution in [2.24, 2.45) is 0 Å². The maximum Gasteiger partial charge on any atom is 0.418 e. The smallest absolute Gasteiger partial charge is 0.418 e. The third-order valence-corrected chi connectivity index (χ3v) is 4.13. The Balaban J connectivity index is 0.00000364. The first-order valence-corrected chi connectivity index (χ1v) is 9.16. The monoisotopic (exact) mass is 392 g/mol. The van der Waals surface area contributed by atoms with Crippen LogP contribution in [-0.2, 0) is 4.74 Å². The second-order valence-corrected chi connectivity index (χ2v) is 5.74. The van der Waals surface area contributed by atoms with Crippen LogP contribution in [0, 0.1) is 0 Å². The lowest BCUT2D eigenvalue weighted by Gasteiger charge is -2.24. The molecule has 0 aliphatic carbocycles. The number of para-hydroxylation sites is 1. The molecule has 2 aromatic rings. The summed E-state index contributed by atoms with van der Waals surface area (Å²) in [6.45, 7) is 9.71. The van der Waals surface area contributed by atoms with E-state index >= 15 is 0 Å². The molecule has 0 atom stereocenters. The highest BCUT2D eigenvalue weighted by molar-refractivity contribution is 5.96. The van der Waals surface area contributed by atoms with Gasteiger partial charge in [0.2, 0.25) is 0 Å². The van der Waals surface area contributed by atoms with Gasteiger partial charge < -0.3 is 14.4 Å². The molecule has 0 bridgehead atoms. The molecule has 0 fully saturated rings. The van der Waals surface area contributed by atoms with E-state index in [0.717, 1.165) is 36.8 Å². The van der Waals surface area contributed by atoms with Gasteiger partial charge in [-0.3, -0.25) is 0 Å². The number of benzene rings is 2. The Hall–Kier alpha value is -2.24. The van der Waals surface area contributed by atoms with E-state index in [1.807, 2.05) is 61.5 Å². The quantitative estimate of drug-likeness (QED) is 0.593. The van der Waals surface area contributed by atoms with Gasteiger partial charge in [0, 0.05) is 6.54 Å². The SMILES string of the molecule is CCOc1ccc(N(C(=O)OCCN(CC)CC)c2ccccc2)cc1.Cl. The van der Waals surface area contributed by atoms with E-state index < -0.39 is 0 Å². The predicted octanol–water partition coefficient (Wildman–Crippen LogP) is 5.12. The fourth-order valence-electron chi connectivity index (χ4n) is 2.66. The Morgan fingerprint density at radius 2 is 1.48 bits per heavy atom. The van der Waals surface area contributed by atoms with Crippen molar-refractivity contribution >= 4 is 29.9 Å². The molecule has 0 saturated carbocycles. The topological polar surface area (TPSA) is 42.0 Å². The third-order valence-electron chi connectivity index (χ3n) is 4.13. The molecule has 0 radical (unpaired) electrons. The molecule has 27 heavy (non-hydrogen) atoms. The fourth-order valence-corrected chi connectivity index (χ4v) is 2.66. The molecule has 0 aliphatic rings. The number of nitrogens with zero attached hydrogens (tertiary/aromatic N) is 2. The van der Waals surface area contributed by atoms with Gasteiger partial charge in [-0.2, -0.15) is 0 Å². The van der Waals surface area contributed by atoms with Gasteiger partial charge in [0.05, 0.1) is 18.0 Å². The number of hydrogen-bond acceptors (Lipinski definition) is 4. The molecular formula is C21H29ClN2O3. The summed E-state index contributed by atoms with van der Waals surface area (Å²) in [5, 5.41) is 0. The van der Waals surface area contributed by atoms with Crippen molar-refractivity contribution in [1.29, 1.82) is 0 Å². The van der Waals surface area contributed by atoms with Crippen LogP contribution in [0.3, 0.4) is 0 Å². The summed E-state index contributed by atoms with van der Waals surface area (Å²) in [6.07, 6.45) is -0.382. The van der Waals surface area contributed by atoms with Crippen LogP contribution in [0.4, 0.5) is 16.2 Å². The molecule has 0 spiro atoms. The summed E-state index contributed by atoms with van der Waals surface area (Å²) < 4.78 is 11.0. The average Bonchev–Trinajstić information content (AvgIpc) is 2.68. The lowest BCUT2D eigenvalue weighted by atomic mass is 10.2. The molecule has 0 aromatic heterocycles. The van der Waals surface area contributed by atoms with E-state index in [4.69, 9.17) is 9.47 Å². The van der Waals surface area contributed by atoms with Gasteiger partial charge in [-0.05, 0) is 56.4 Å². The van der Waals surface area contributed by atoms with Gasteiger partial charge >= 0.3 is 6.09 Å². The van der Waals surface area contributed by atoms with Crippen molar-refractivity contribution in [1.82, 2.24) is 4.90 Å². The largest absolute Gasteiger partial charge is 0.494 e. The molecule has 5 nitrogen and oxygen atoms in total. The highest BCUT2D eigenvalue weighted by Gasteiger charge is 2.19. The van der Waals surface area contributed by atoms with E-state index in [1.54, 1.807) is 4.90 Å². The predicted molar refractivity (Wildman–Crippen MR) is 113 cm³/mol. The van der Waals surface area contributed by atoms with Gasteiger partial charge in [-0.1, -0.05) is 32.0 Å². The molecule has 1 amide bonds. The van der Waals surface area contributed by atoms with Gasteiger partial charge in [0.25, 0.3) is 0 Å². The third kappa shape index (κ3) is 6.77. The van der Waals surface area contributed by atoms with Crippen molar-refractivity contribution in [3.8, 4) is 5.75 Å². The normalized spacial score (nSPS) is 10.2. The van der Waals surface area contributed by atoms with E-state index in [-0.39, 0.29) is 18.5 Å². The Morgan fingerprint density at radius 3 is 2.04 bits per heavy atom. The Labute approximate surface area is 168 Å². The van der Waals surface area contributed by atoms with Crippen molar-refractivity contribution < 1.29 is 14.3 Å². The van der Waals surface area contributed by atoms with Gasteiger partial charge in [-0.15, -0.1) is 12.4 Å². The number of halogens is 1. The maximum absolute atomic E-state index is 12.8. The van der Waals surface area contributed by atoms with Crippen LogP contribution in [0.1, 0.15) is 20.8 Å². The summed E-state index contributed by atoms with van der Waals surface area (Å²) in [5.74, 6) is 0.777. The fraction of sp³-hybridized carbons (Fsp3) is 0.381. The van der Waals surface area contributed by atoms with Crippen LogP contribution in [0.2, 0.25) is 0 Å². The average molecular weight is 393 g/mol. The summed E-state index contributed by atoms with van der Waals surface area (Å²) in [5.41, 5.74) is 1.51. The zero-order valence-electron chi connectivity index (χ0n) is 16.3. The van der Waals surface area contributed by atoms with Crippen molar-refractivity contribution in [3.63, 3.8) is 0 Å². The minimum absolute atomic E-state index is 0. The van der Waals surface area contributed by atoms with Crippen LogP contribution in [0.25, 0.3) is 0 Å². The number of amides is 1. The van der Waals surface area contributed by atoms with Gasteiger partial charge in [0.1, 0.15) is 12.4 Å². The minimum Gasteiger partial charge on any atom is -0.494 e. The number of carbonyl (C=O) groups excluding carboxylic acids is 1. The number of likely N-dealkylation sites (N-methyl/N-ethyl adjacent to an activating group) is 1. The first-order valence-electron chi connectivity index (χ1n) is 9.16. The molecule has 0 heterocycles. The van der Waals surface area contributed by atoms with Gasteiger partial charge in [0.15, 0.2) is 0 Å². The Kier molecular flexibility index (Phi) is 10.3. The summed E-state index contributed by atoms with van der Waals surface area (Å²) >= 11 is 0. The first-order chi connectivity index (χ1) is 12.7. The maximum atomic E-state index is 12.8. The van der Waals surface area contributed by atoms with Crippen LogP contribution in [0.5, 0.6) is 5.75 Å². The van der Waals surface area contributed by atoms with Crippen LogP contribution in [-0.4, -0.2) is 43.8 Å². The molecule has 0 aliphatic heterocycles. The van der Waals surface area contributed by atoms with Crippen molar-refractivity contribution in [3.05, 3.63) is 54.6 Å². The zero-order chi connectivity index (χ0) is 18.8. The minimum atomic E-state index is -0.382. The van der Waals surface area contributed by atoms with Crippen LogP contribution >= 0.6 is 12.4 Å². The van der Waals surface area contributed by atoms with E-state index in [1.165, 1.54) is 0 Å². The second kappa shape index (κ2) is 12.2. The molecule has 0 N–H and O–H groups in total.